The van der Waals surface area contributed by atoms with Gasteiger partial charge in [0.1, 0.15) is 6.04 Å². The Morgan fingerprint density at radius 2 is 1.75 bits per heavy atom. The molecule has 1 saturated carbocycles. The van der Waals surface area contributed by atoms with Gasteiger partial charge in [-0.15, -0.1) is 0 Å². The molecule has 36 heavy (non-hydrogen) atoms. The summed E-state index contributed by atoms with van der Waals surface area (Å²) in [6.45, 7) is 2.27. The van der Waals surface area contributed by atoms with Crippen LogP contribution < -0.4 is 5.32 Å². The van der Waals surface area contributed by atoms with E-state index < -0.39 is 16.1 Å². The maximum absolute atomic E-state index is 13.3. The summed E-state index contributed by atoms with van der Waals surface area (Å²) in [7, 11) is -2.10. The van der Waals surface area contributed by atoms with Crippen molar-refractivity contribution in [3.05, 3.63) is 64.6 Å². The predicted octanol–water partition coefficient (Wildman–Crippen LogP) is 4.72. The fraction of sp³-hybridized carbons (Fsp3) is 0.481. The average molecular weight is 579 g/mol. The van der Waals surface area contributed by atoms with E-state index in [1.807, 2.05) is 24.3 Å². The third-order valence-corrected chi connectivity index (χ3v) is 9.04. The lowest BCUT2D eigenvalue weighted by Crippen LogP contribution is -2.50. The number of amides is 2. The van der Waals surface area contributed by atoms with Crippen LogP contribution in [0.25, 0.3) is 0 Å². The highest BCUT2D eigenvalue weighted by molar-refractivity contribution is 9.10. The Labute approximate surface area is 223 Å². The Morgan fingerprint density at radius 3 is 2.42 bits per heavy atom. The number of halogens is 1. The number of nitrogens with zero attached hydrogens (tertiary/aromatic N) is 2. The van der Waals surface area contributed by atoms with Gasteiger partial charge in [0.05, 0.1) is 4.90 Å². The number of benzene rings is 2. The molecular weight excluding hydrogens is 542 g/mol. The highest BCUT2D eigenvalue weighted by Gasteiger charge is 2.28. The first kappa shape index (κ1) is 28.3. The number of nitrogens with one attached hydrogen (secondary N) is 1. The summed E-state index contributed by atoms with van der Waals surface area (Å²) in [5, 5.41) is 3.13. The SMILES string of the molecule is C[C@@H](C(=O)NC1CCCCC1)N(Cc1cccc(Br)c1)C(=O)CCCN(C)S(=O)(=O)c1ccccc1. The molecule has 0 radical (unpaired) electrons. The zero-order valence-corrected chi connectivity index (χ0v) is 23.4. The molecule has 0 spiro atoms. The van der Waals surface area contributed by atoms with Gasteiger partial charge < -0.3 is 10.2 Å². The van der Waals surface area contributed by atoms with E-state index in [-0.39, 0.29) is 35.7 Å². The van der Waals surface area contributed by atoms with Crippen LogP contribution >= 0.6 is 15.9 Å². The minimum atomic E-state index is -3.62. The van der Waals surface area contributed by atoms with Crippen molar-refractivity contribution in [1.82, 2.24) is 14.5 Å². The van der Waals surface area contributed by atoms with Gasteiger partial charge in [-0.2, -0.15) is 0 Å². The van der Waals surface area contributed by atoms with E-state index in [1.54, 1.807) is 42.2 Å². The average Bonchev–Trinajstić information content (AvgIpc) is 2.87. The van der Waals surface area contributed by atoms with Crippen LogP contribution in [-0.2, 0) is 26.2 Å². The second-order valence-corrected chi connectivity index (χ2v) is 12.4. The number of hydrogen-bond donors (Lipinski definition) is 1. The third kappa shape index (κ3) is 7.88. The van der Waals surface area contributed by atoms with Gasteiger partial charge in [0, 0.05) is 37.1 Å². The summed E-state index contributed by atoms with van der Waals surface area (Å²) in [4.78, 5) is 28.2. The van der Waals surface area contributed by atoms with E-state index in [0.717, 1.165) is 35.7 Å². The summed E-state index contributed by atoms with van der Waals surface area (Å²) in [5.41, 5.74) is 0.916. The normalized spacial score (nSPS) is 15.4. The smallest absolute Gasteiger partial charge is 0.242 e. The van der Waals surface area contributed by atoms with Crippen LogP contribution in [0.4, 0.5) is 0 Å². The second kappa shape index (κ2) is 13.4. The molecule has 7 nitrogen and oxygen atoms in total. The van der Waals surface area contributed by atoms with Gasteiger partial charge in [0.15, 0.2) is 0 Å². The quantitative estimate of drug-likeness (QED) is 0.418. The summed E-state index contributed by atoms with van der Waals surface area (Å²) >= 11 is 3.47. The minimum absolute atomic E-state index is 0.143. The zero-order valence-electron chi connectivity index (χ0n) is 21.0. The van der Waals surface area contributed by atoms with Crippen LogP contribution in [0.3, 0.4) is 0 Å². The zero-order chi connectivity index (χ0) is 26.1. The van der Waals surface area contributed by atoms with Gasteiger partial charge in [-0.3, -0.25) is 9.59 Å². The summed E-state index contributed by atoms with van der Waals surface area (Å²) in [6, 6.07) is 15.5. The molecule has 196 valence electrons. The highest BCUT2D eigenvalue weighted by atomic mass is 79.9. The van der Waals surface area contributed by atoms with Crippen LogP contribution in [0.15, 0.2) is 64.0 Å². The van der Waals surface area contributed by atoms with Crippen molar-refractivity contribution in [2.75, 3.05) is 13.6 Å². The van der Waals surface area contributed by atoms with Crippen molar-refractivity contribution in [1.29, 1.82) is 0 Å². The molecule has 1 aliphatic carbocycles. The van der Waals surface area contributed by atoms with E-state index in [0.29, 0.717) is 13.0 Å². The Kier molecular flexibility index (Phi) is 10.5. The number of sulfonamides is 1. The maximum Gasteiger partial charge on any atom is 0.242 e. The van der Waals surface area contributed by atoms with Crippen LogP contribution in [0.5, 0.6) is 0 Å². The highest BCUT2D eigenvalue weighted by Crippen LogP contribution is 2.20. The Morgan fingerprint density at radius 1 is 1.06 bits per heavy atom. The van der Waals surface area contributed by atoms with E-state index >= 15 is 0 Å². The van der Waals surface area contributed by atoms with Crippen LogP contribution in [-0.4, -0.2) is 55.1 Å². The van der Waals surface area contributed by atoms with Gasteiger partial charge in [0.25, 0.3) is 0 Å². The molecule has 0 aromatic heterocycles. The molecule has 1 aliphatic rings. The fourth-order valence-corrected chi connectivity index (χ4v) is 6.15. The first-order chi connectivity index (χ1) is 17.2. The lowest BCUT2D eigenvalue weighted by atomic mass is 9.95. The number of carbonyl (C=O) groups is 2. The molecule has 2 aromatic rings. The van der Waals surface area contributed by atoms with E-state index in [2.05, 4.69) is 21.2 Å². The topological polar surface area (TPSA) is 86.8 Å². The first-order valence-electron chi connectivity index (χ1n) is 12.5. The molecule has 0 heterocycles. The third-order valence-electron chi connectivity index (χ3n) is 6.68. The maximum atomic E-state index is 13.3. The largest absolute Gasteiger partial charge is 0.352 e. The van der Waals surface area contributed by atoms with E-state index in [1.165, 1.54) is 17.8 Å². The molecule has 1 fully saturated rings. The lowest BCUT2D eigenvalue weighted by molar-refractivity contribution is -0.141. The first-order valence-corrected chi connectivity index (χ1v) is 14.8. The van der Waals surface area contributed by atoms with Gasteiger partial charge in [0.2, 0.25) is 21.8 Å². The lowest BCUT2D eigenvalue weighted by Gasteiger charge is -2.31. The van der Waals surface area contributed by atoms with Gasteiger partial charge in [-0.05, 0) is 56.0 Å². The molecule has 3 rings (SSSR count). The van der Waals surface area contributed by atoms with Crippen molar-refractivity contribution in [3.8, 4) is 0 Å². The van der Waals surface area contributed by atoms with Crippen molar-refractivity contribution >= 4 is 37.8 Å². The van der Waals surface area contributed by atoms with Crippen LogP contribution in [0.2, 0.25) is 0 Å². The minimum Gasteiger partial charge on any atom is -0.352 e. The standard InChI is InChI=1S/C27H36BrN3O4S/c1-21(27(33)29-24-13-5-3-6-14-24)31(20-22-11-9-12-23(28)19-22)26(32)17-10-18-30(2)36(34,35)25-15-7-4-8-16-25/h4,7-9,11-12,15-16,19,21,24H,3,5-6,10,13-14,17-18,20H2,1-2H3,(H,29,33)/t21-/m0/s1. The van der Waals surface area contributed by atoms with Crippen molar-refractivity contribution in [2.24, 2.45) is 0 Å². The summed E-state index contributed by atoms with van der Waals surface area (Å²) in [5.74, 6) is -0.319. The van der Waals surface area contributed by atoms with Crippen molar-refractivity contribution < 1.29 is 18.0 Å². The molecule has 0 aliphatic heterocycles. The molecule has 0 unspecified atom stereocenters. The van der Waals surface area contributed by atoms with E-state index in [9.17, 15) is 18.0 Å². The monoisotopic (exact) mass is 577 g/mol. The predicted molar refractivity (Wildman–Crippen MR) is 145 cm³/mol. The Bertz CT molecular complexity index is 1120. The number of carbonyl (C=O) groups excluding carboxylic acids is 2. The molecule has 2 aromatic carbocycles. The molecular formula is C27H36BrN3O4S. The van der Waals surface area contributed by atoms with Gasteiger partial charge >= 0.3 is 0 Å². The number of rotatable bonds is 11. The van der Waals surface area contributed by atoms with Gasteiger partial charge in [-0.25, -0.2) is 12.7 Å². The number of hydrogen-bond acceptors (Lipinski definition) is 4. The molecule has 2 amide bonds. The molecule has 0 saturated heterocycles. The second-order valence-electron chi connectivity index (χ2n) is 9.41. The Balaban J connectivity index is 1.65. The molecule has 1 atom stereocenters. The van der Waals surface area contributed by atoms with Crippen molar-refractivity contribution in [3.63, 3.8) is 0 Å². The summed E-state index contributed by atoms with van der Waals surface area (Å²) < 4.78 is 27.7. The molecule has 1 N–H and O–H groups in total. The van der Waals surface area contributed by atoms with Gasteiger partial charge in [-0.1, -0.05) is 65.5 Å². The molecule has 0 bridgehead atoms. The van der Waals surface area contributed by atoms with Crippen molar-refractivity contribution in [2.45, 2.75) is 75.4 Å². The summed E-state index contributed by atoms with van der Waals surface area (Å²) in [6.07, 6.45) is 5.86. The Hall–Kier alpha value is -2.23. The van der Waals surface area contributed by atoms with E-state index in [4.69, 9.17) is 0 Å². The molecule has 9 heteroatoms. The fourth-order valence-electron chi connectivity index (χ4n) is 4.47. The van der Waals surface area contributed by atoms with Crippen LogP contribution in [0, 0.1) is 0 Å². The van der Waals surface area contributed by atoms with Crippen LogP contribution in [0.1, 0.15) is 57.4 Å².